The number of carbonyl (C=O) groups excluding carboxylic acids is 1. The zero-order valence-corrected chi connectivity index (χ0v) is 12.6. The van der Waals surface area contributed by atoms with Crippen molar-refractivity contribution in [2.75, 3.05) is 6.54 Å². The number of hydrogen-bond donors (Lipinski definition) is 1. The molecule has 2 rings (SSSR count). The van der Waals surface area contributed by atoms with Crippen LogP contribution in [0.25, 0.3) is 0 Å². The van der Waals surface area contributed by atoms with Crippen molar-refractivity contribution in [1.82, 2.24) is 4.90 Å². The number of hydrogen-bond acceptors (Lipinski definition) is 3. The number of amides is 1. The van der Waals surface area contributed by atoms with Gasteiger partial charge in [0.25, 0.3) is 5.91 Å². The molecule has 0 bridgehead atoms. The van der Waals surface area contributed by atoms with Crippen molar-refractivity contribution in [1.29, 1.82) is 0 Å². The van der Waals surface area contributed by atoms with Crippen LogP contribution in [-0.2, 0) is 11.2 Å². The molecule has 1 saturated heterocycles. The number of thiophene rings is 1. The molecule has 1 fully saturated rings. The summed E-state index contributed by atoms with van der Waals surface area (Å²) in [5.41, 5.74) is 0. The van der Waals surface area contributed by atoms with E-state index in [0.29, 0.717) is 6.42 Å². The number of nitrogens with zero attached hydrogens (tertiary/aromatic N) is 1. The Labute approximate surface area is 123 Å². The molecular formula is C15H21NO3S. The minimum absolute atomic E-state index is 0.0739. The molecule has 1 atom stereocenters. The summed E-state index contributed by atoms with van der Waals surface area (Å²) in [6, 6.07) is 3.99. The van der Waals surface area contributed by atoms with Crippen molar-refractivity contribution in [3.63, 3.8) is 0 Å². The molecule has 1 aliphatic heterocycles. The third-order valence-corrected chi connectivity index (χ3v) is 5.02. The Morgan fingerprint density at radius 3 is 2.85 bits per heavy atom. The van der Waals surface area contributed by atoms with Gasteiger partial charge in [-0.2, -0.15) is 0 Å². The Morgan fingerprint density at radius 2 is 2.20 bits per heavy atom. The lowest BCUT2D eigenvalue weighted by atomic mass is 9.97. The molecule has 0 aromatic carbocycles. The van der Waals surface area contributed by atoms with Gasteiger partial charge in [0.1, 0.15) is 0 Å². The van der Waals surface area contributed by atoms with E-state index in [-0.39, 0.29) is 18.4 Å². The van der Waals surface area contributed by atoms with Crippen molar-refractivity contribution in [3.8, 4) is 0 Å². The van der Waals surface area contributed by atoms with E-state index in [4.69, 9.17) is 5.11 Å². The highest BCUT2D eigenvalue weighted by molar-refractivity contribution is 7.14. The van der Waals surface area contributed by atoms with Crippen LogP contribution < -0.4 is 0 Å². The Kier molecular flexibility index (Phi) is 5.17. The van der Waals surface area contributed by atoms with Crippen molar-refractivity contribution >= 4 is 23.2 Å². The van der Waals surface area contributed by atoms with Crippen LogP contribution in [0.15, 0.2) is 12.1 Å². The van der Waals surface area contributed by atoms with E-state index in [0.717, 1.165) is 37.1 Å². The second-order valence-corrected chi connectivity index (χ2v) is 6.37. The van der Waals surface area contributed by atoms with E-state index >= 15 is 0 Å². The second kappa shape index (κ2) is 6.88. The maximum atomic E-state index is 12.6. The zero-order valence-electron chi connectivity index (χ0n) is 11.8. The van der Waals surface area contributed by atoms with Crippen LogP contribution in [0, 0.1) is 0 Å². The van der Waals surface area contributed by atoms with Gasteiger partial charge < -0.3 is 10.0 Å². The fraction of sp³-hybridized carbons (Fsp3) is 0.600. The van der Waals surface area contributed by atoms with Crippen LogP contribution in [0.3, 0.4) is 0 Å². The maximum Gasteiger partial charge on any atom is 0.303 e. The molecule has 1 aromatic heterocycles. The number of likely N-dealkylation sites (tertiary alicyclic amines) is 1. The quantitative estimate of drug-likeness (QED) is 0.907. The van der Waals surface area contributed by atoms with Gasteiger partial charge >= 0.3 is 5.97 Å². The van der Waals surface area contributed by atoms with Crippen LogP contribution in [0.5, 0.6) is 0 Å². The lowest BCUT2D eigenvalue weighted by Crippen LogP contribution is -2.43. The molecule has 1 aromatic rings. The molecule has 0 unspecified atom stereocenters. The van der Waals surface area contributed by atoms with Crippen molar-refractivity contribution < 1.29 is 14.7 Å². The highest BCUT2D eigenvalue weighted by Gasteiger charge is 2.28. The highest BCUT2D eigenvalue weighted by Crippen LogP contribution is 2.26. The fourth-order valence-electron chi connectivity index (χ4n) is 2.68. The standard InChI is InChI=1S/C15H21NO3S/c1-2-12-7-8-13(20-12)15(19)16-10-4-3-5-11(16)6-9-14(17)18/h7-8,11H,2-6,9-10H2,1H3,(H,17,18)/t11-/m1/s1. The fourth-order valence-corrected chi connectivity index (χ4v) is 3.59. The Morgan fingerprint density at radius 1 is 1.40 bits per heavy atom. The summed E-state index contributed by atoms with van der Waals surface area (Å²) in [5.74, 6) is -0.711. The number of aryl methyl sites for hydroxylation is 1. The summed E-state index contributed by atoms with van der Waals surface area (Å²) in [6.07, 6.45) is 4.66. The van der Waals surface area contributed by atoms with E-state index in [1.54, 1.807) is 11.3 Å². The molecular weight excluding hydrogens is 274 g/mol. The van der Waals surface area contributed by atoms with E-state index in [1.165, 1.54) is 4.88 Å². The summed E-state index contributed by atoms with van der Waals surface area (Å²) in [5, 5.41) is 8.82. The van der Waals surface area contributed by atoms with Gasteiger partial charge in [-0.05, 0) is 44.2 Å². The third-order valence-electron chi connectivity index (χ3n) is 3.80. The molecule has 1 amide bonds. The summed E-state index contributed by atoms with van der Waals surface area (Å²) in [7, 11) is 0. The third kappa shape index (κ3) is 3.60. The van der Waals surface area contributed by atoms with E-state index in [9.17, 15) is 9.59 Å². The highest BCUT2D eigenvalue weighted by atomic mass is 32.1. The van der Waals surface area contributed by atoms with Gasteiger partial charge in [0.15, 0.2) is 0 Å². The number of piperidine rings is 1. The van der Waals surface area contributed by atoms with Crippen LogP contribution in [0.4, 0.5) is 0 Å². The molecule has 0 radical (unpaired) electrons. The lowest BCUT2D eigenvalue weighted by molar-refractivity contribution is -0.137. The van der Waals surface area contributed by atoms with Crippen molar-refractivity contribution in [3.05, 3.63) is 21.9 Å². The summed E-state index contributed by atoms with van der Waals surface area (Å²) >= 11 is 1.55. The van der Waals surface area contributed by atoms with Gasteiger partial charge in [0.2, 0.25) is 0 Å². The normalized spacial score (nSPS) is 19.1. The smallest absolute Gasteiger partial charge is 0.303 e. The SMILES string of the molecule is CCc1ccc(C(=O)N2CCCC[C@@H]2CCC(=O)O)s1. The second-order valence-electron chi connectivity index (χ2n) is 5.20. The first-order valence-corrected chi connectivity index (χ1v) is 8.05. The average Bonchev–Trinajstić information content (AvgIpc) is 2.93. The van der Waals surface area contributed by atoms with Crippen LogP contribution in [0.2, 0.25) is 0 Å². The van der Waals surface area contributed by atoms with Crippen molar-refractivity contribution in [2.24, 2.45) is 0 Å². The molecule has 0 spiro atoms. The van der Waals surface area contributed by atoms with Gasteiger partial charge in [-0.3, -0.25) is 9.59 Å². The summed E-state index contributed by atoms with van der Waals surface area (Å²) in [6.45, 7) is 2.83. The van der Waals surface area contributed by atoms with E-state index < -0.39 is 5.97 Å². The number of aliphatic carboxylic acids is 1. The molecule has 20 heavy (non-hydrogen) atoms. The van der Waals surface area contributed by atoms with E-state index in [2.05, 4.69) is 6.92 Å². The average molecular weight is 295 g/mol. The zero-order chi connectivity index (χ0) is 14.5. The summed E-state index contributed by atoms with van der Waals surface area (Å²) in [4.78, 5) is 27.2. The molecule has 0 aliphatic carbocycles. The molecule has 4 nitrogen and oxygen atoms in total. The van der Waals surface area contributed by atoms with Gasteiger partial charge in [-0.15, -0.1) is 11.3 Å². The Hall–Kier alpha value is -1.36. The predicted octanol–water partition coefficient (Wildman–Crippen LogP) is 3.17. The first-order valence-electron chi connectivity index (χ1n) is 7.23. The Balaban J connectivity index is 2.06. The summed E-state index contributed by atoms with van der Waals surface area (Å²) < 4.78 is 0. The number of carboxylic acids is 1. The monoisotopic (exact) mass is 295 g/mol. The minimum Gasteiger partial charge on any atom is -0.481 e. The number of rotatable bonds is 5. The first-order chi connectivity index (χ1) is 9.61. The largest absolute Gasteiger partial charge is 0.481 e. The van der Waals surface area contributed by atoms with Crippen LogP contribution >= 0.6 is 11.3 Å². The van der Waals surface area contributed by atoms with Gasteiger partial charge in [0, 0.05) is 23.9 Å². The predicted molar refractivity (Wildman–Crippen MR) is 79.2 cm³/mol. The molecule has 1 aliphatic rings. The molecule has 0 saturated carbocycles. The molecule has 110 valence electrons. The van der Waals surface area contributed by atoms with Crippen LogP contribution in [-0.4, -0.2) is 34.5 Å². The molecule has 5 heteroatoms. The van der Waals surface area contributed by atoms with Gasteiger partial charge in [-0.25, -0.2) is 0 Å². The lowest BCUT2D eigenvalue weighted by Gasteiger charge is -2.35. The van der Waals surface area contributed by atoms with Crippen molar-refractivity contribution in [2.45, 2.75) is 51.5 Å². The van der Waals surface area contributed by atoms with Gasteiger partial charge in [0.05, 0.1) is 4.88 Å². The van der Waals surface area contributed by atoms with Crippen LogP contribution in [0.1, 0.15) is 53.6 Å². The maximum absolute atomic E-state index is 12.6. The molecule has 2 heterocycles. The first kappa shape index (κ1) is 15.0. The number of carbonyl (C=O) groups is 2. The van der Waals surface area contributed by atoms with E-state index in [1.807, 2.05) is 17.0 Å². The van der Waals surface area contributed by atoms with Gasteiger partial charge in [-0.1, -0.05) is 6.92 Å². The minimum atomic E-state index is -0.785. The topological polar surface area (TPSA) is 57.6 Å². The molecule has 1 N–H and O–H groups in total. The Bertz CT molecular complexity index is 483. The number of carboxylic acid groups (broad SMARTS) is 1.